The molecule has 0 aromatic heterocycles. The lowest BCUT2D eigenvalue weighted by atomic mass is 9.97. The molecule has 1 aromatic carbocycles. The summed E-state index contributed by atoms with van der Waals surface area (Å²) in [5, 5.41) is 3.40. The van der Waals surface area contributed by atoms with Gasteiger partial charge < -0.3 is 10.1 Å². The van der Waals surface area contributed by atoms with E-state index in [9.17, 15) is 0 Å². The smallest absolute Gasteiger partial charge is 0.122 e. The van der Waals surface area contributed by atoms with Gasteiger partial charge in [0.2, 0.25) is 0 Å². The second-order valence-electron chi connectivity index (χ2n) is 5.78. The van der Waals surface area contributed by atoms with E-state index in [1.165, 1.54) is 11.1 Å². The topological polar surface area (TPSA) is 21.3 Å². The zero-order valence-corrected chi connectivity index (χ0v) is 11.8. The molecule has 0 saturated heterocycles. The first kappa shape index (κ1) is 14.0. The number of ether oxygens (including phenoxy) is 1. The van der Waals surface area contributed by atoms with Crippen LogP contribution in [0.5, 0.6) is 5.75 Å². The number of aryl methyl sites for hydroxylation is 1. The number of rotatable bonds is 5. The van der Waals surface area contributed by atoms with Crippen LogP contribution < -0.4 is 10.1 Å². The fourth-order valence-electron chi connectivity index (χ4n) is 1.58. The van der Waals surface area contributed by atoms with E-state index in [1.54, 1.807) is 0 Å². The molecule has 1 aromatic rings. The molecule has 0 aliphatic rings. The van der Waals surface area contributed by atoms with Crippen LogP contribution in [0.4, 0.5) is 0 Å². The molecule has 0 aliphatic carbocycles. The summed E-state index contributed by atoms with van der Waals surface area (Å²) in [4.78, 5) is 0. The van der Waals surface area contributed by atoms with Gasteiger partial charge in [-0.25, -0.2) is 0 Å². The van der Waals surface area contributed by atoms with Gasteiger partial charge in [0.05, 0.1) is 0 Å². The monoisotopic (exact) mass is 235 g/mol. The molecule has 0 heterocycles. The molecule has 0 atom stereocenters. The molecule has 0 spiro atoms. The average Bonchev–Trinajstić information content (AvgIpc) is 2.22. The third-order valence-electron chi connectivity index (χ3n) is 2.75. The highest BCUT2D eigenvalue weighted by Gasteiger charge is 2.08. The van der Waals surface area contributed by atoms with E-state index in [0.717, 1.165) is 25.4 Å². The van der Waals surface area contributed by atoms with Gasteiger partial charge in [-0.1, -0.05) is 32.9 Å². The molecule has 0 aliphatic heterocycles. The number of hydrogen-bond acceptors (Lipinski definition) is 2. The van der Waals surface area contributed by atoms with Gasteiger partial charge >= 0.3 is 0 Å². The van der Waals surface area contributed by atoms with Gasteiger partial charge in [-0.15, -0.1) is 0 Å². The molecule has 0 bridgehead atoms. The number of nitrogens with one attached hydrogen (secondary N) is 1. The van der Waals surface area contributed by atoms with Crippen molar-refractivity contribution in [1.29, 1.82) is 0 Å². The first-order valence-electron chi connectivity index (χ1n) is 6.30. The Hall–Kier alpha value is -1.02. The van der Waals surface area contributed by atoms with Crippen molar-refractivity contribution in [2.75, 3.05) is 19.7 Å². The largest absolute Gasteiger partial charge is 0.492 e. The molecule has 0 unspecified atom stereocenters. The van der Waals surface area contributed by atoms with E-state index in [0.29, 0.717) is 5.41 Å². The molecule has 17 heavy (non-hydrogen) atoms. The van der Waals surface area contributed by atoms with Gasteiger partial charge in [-0.2, -0.15) is 0 Å². The second-order valence-corrected chi connectivity index (χ2v) is 5.78. The van der Waals surface area contributed by atoms with Crippen molar-refractivity contribution in [3.8, 4) is 5.75 Å². The van der Waals surface area contributed by atoms with Crippen LogP contribution >= 0.6 is 0 Å². The van der Waals surface area contributed by atoms with Crippen molar-refractivity contribution in [3.05, 3.63) is 29.3 Å². The van der Waals surface area contributed by atoms with E-state index < -0.39 is 0 Å². The van der Waals surface area contributed by atoms with Gasteiger partial charge in [-0.3, -0.25) is 0 Å². The number of benzene rings is 1. The highest BCUT2D eigenvalue weighted by molar-refractivity contribution is 5.38. The van der Waals surface area contributed by atoms with E-state index in [2.05, 4.69) is 46.0 Å². The van der Waals surface area contributed by atoms with E-state index >= 15 is 0 Å². The minimum Gasteiger partial charge on any atom is -0.492 e. The summed E-state index contributed by atoms with van der Waals surface area (Å²) in [5.74, 6) is 1.00. The predicted molar refractivity (Wildman–Crippen MR) is 73.7 cm³/mol. The summed E-state index contributed by atoms with van der Waals surface area (Å²) in [6.07, 6.45) is 0. The van der Waals surface area contributed by atoms with Gasteiger partial charge in [0.1, 0.15) is 12.4 Å². The van der Waals surface area contributed by atoms with Crippen LogP contribution in [0.2, 0.25) is 0 Å². The zero-order chi connectivity index (χ0) is 12.9. The fraction of sp³-hybridized carbons (Fsp3) is 0.600. The maximum Gasteiger partial charge on any atom is 0.122 e. The van der Waals surface area contributed by atoms with Gasteiger partial charge in [0.25, 0.3) is 0 Å². The summed E-state index contributed by atoms with van der Waals surface area (Å²) >= 11 is 0. The molecule has 0 amide bonds. The summed E-state index contributed by atoms with van der Waals surface area (Å²) in [5.41, 5.74) is 2.85. The predicted octanol–water partition coefficient (Wildman–Crippen LogP) is 3.32. The van der Waals surface area contributed by atoms with E-state index in [-0.39, 0.29) is 0 Å². The van der Waals surface area contributed by atoms with Gasteiger partial charge in [0, 0.05) is 13.1 Å². The van der Waals surface area contributed by atoms with Crippen molar-refractivity contribution in [3.63, 3.8) is 0 Å². The molecule has 2 heteroatoms. The SMILES string of the molecule is Cc1cccc(OCCNCC(C)(C)C)c1C. The van der Waals surface area contributed by atoms with Gasteiger partial charge in [0.15, 0.2) is 0 Å². The normalized spacial score (nSPS) is 11.6. The highest BCUT2D eigenvalue weighted by Crippen LogP contribution is 2.20. The Balaban J connectivity index is 2.29. The molecule has 96 valence electrons. The Labute approximate surface area is 105 Å². The second kappa shape index (κ2) is 6.06. The minimum atomic E-state index is 0.333. The zero-order valence-electron chi connectivity index (χ0n) is 11.8. The molecule has 0 radical (unpaired) electrons. The lowest BCUT2D eigenvalue weighted by molar-refractivity contribution is 0.295. The third-order valence-corrected chi connectivity index (χ3v) is 2.75. The van der Waals surface area contributed by atoms with Crippen molar-refractivity contribution in [2.45, 2.75) is 34.6 Å². The van der Waals surface area contributed by atoms with E-state index in [1.807, 2.05) is 12.1 Å². The van der Waals surface area contributed by atoms with Crippen LogP contribution in [0.3, 0.4) is 0 Å². The van der Waals surface area contributed by atoms with Crippen LogP contribution in [-0.4, -0.2) is 19.7 Å². The van der Waals surface area contributed by atoms with E-state index in [4.69, 9.17) is 4.74 Å². The lowest BCUT2D eigenvalue weighted by Crippen LogP contribution is -2.30. The third kappa shape index (κ3) is 5.22. The Morgan fingerprint density at radius 3 is 2.53 bits per heavy atom. The Morgan fingerprint density at radius 2 is 1.88 bits per heavy atom. The maximum atomic E-state index is 5.77. The molecule has 1 N–H and O–H groups in total. The maximum absolute atomic E-state index is 5.77. The minimum absolute atomic E-state index is 0.333. The summed E-state index contributed by atoms with van der Waals surface area (Å²) in [7, 11) is 0. The Bertz CT molecular complexity index is 352. The summed E-state index contributed by atoms with van der Waals surface area (Å²) < 4.78 is 5.77. The van der Waals surface area contributed by atoms with Crippen LogP contribution in [-0.2, 0) is 0 Å². The molecule has 0 saturated carbocycles. The summed E-state index contributed by atoms with van der Waals surface area (Å²) in [6, 6.07) is 6.19. The Kier molecular flexibility index (Phi) is 5.01. The molecular formula is C15H25NO. The standard InChI is InChI=1S/C15H25NO/c1-12-7-6-8-14(13(12)2)17-10-9-16-11-15(3,4)5/h6-8,16H,9-11H2,1-5H3. The molecule has 1 rings (SSSR count). The lowest BCUT2D eigenvalue weighted by Gasteiger charge is -2.19. The number of hydrogen-bond donors (Lipinski definition) is 1. The van der Waals surface area contributed by atoms with Crippen molar-refractivity contribution < 1.29 is 4.74 Å². The summed E-state index contributed by atoms with van der Waals surface area (Å²) in [6.45, 7) is 13.5. The van der Waals surface area contributed by atoms with Crippen LogP contribution in [0, 0.1) is 19.3 Å². The van der Waals surface area contributed by atoms with Crippen LogP contribution in [0.25, 0.3) is 0 Å². The molecular weight excluding hydrogens is 210 g/mol. The fourth-order valence-corrected chi connectivity index (χ4v) is 1.58. The Morgan fingerprint density at radius 1 is 1.18 bits per heavy atom. The highest BCUT2D eigenvalue weighted by atomic mass is 16.5. The van der Waals surface area contributed by atoms with Crippen molar-refractivity contribution in [1.82, 2.24) is 5.32 Å². The quantitative estimate of drug-likeness (QED) is 0.791. The van der Waals surface area contributed by atoms with Crippen molar-refractivity contribution in [2.24, 2.45) is 5.41 Å². The molecule has 2 nitrogen and oxygen atoms in total. The van der Waals surface area contributed by atoms with Crippen LogP contribution in [0.1, 0.15) is 31.9 Å². The van der Waals surface area contributed by atoms with Crippen LogP contribution in [0.15, 0.2) is 18.2 Å². The van der Waals surface area contributed by atoms with Gasteiger partial charge in [-0.05, 0) is 36.5 Å². The first-order chi connectivity index (χ1) is 7.90. The molecule has 0 fully saturated rings. The first-order valence-corrected chi connectivity index (χ1v) is 6.30. The van der Waals surface area contributed by atoms with Crippen molar-refractivity contribution >= 4 is 0 Å². The average molecular weight is 235 g/mol.